The van der Waals surface area contributed by atoms with E-state index in [9.17, 15) is 0 Å². The van der Waals surface area contributed by atoms with Gasteiger partial charge in [-0.05, 0) is 45.1 Å². The lowest BCUT2D eigenvalue weighted by Crippen LogP contribution is -2.53. The summed E-state index contributed by atoms with van der Waals surface area (Å²) in [7, 11) is 4.25. The van der Waals surface area contributed by atoms with Crippen molar-refractivity contribution in [2.45, 2.75) is 31.0 Å². The number of nitrogens with two attached hydrogens (primary N) is 1. The Morgan fingerprint density at radius 1 is 1.38 bits per heavy atom. The van der Waals surface area contributed by atoms with Crippen molar-refractivity contribution in [3.05, 3.63) is 28.8 Å². The van der Waals surface area contributed by atoms with E-state index in [1.165, 1.54) is 6.42 Å². The molecule has 24 heavy (non-hydrogen) atoms. The Morgan fingerprint density at radius 2 is 2.21 bits per heavy atom. The molecule has 4 rings (SSSR count). The number of piperidine rings is 1. The van der Waals surface area contributed by atoms with Gasteiger partial charge in [-0.2, -0.15) is 4.99 Å². The molecule has 2 N–H and O–H groups in total. The number of guanidine groups is 1. The van der Waals surface area contributed by atoms with E-state index in [4.69, 9.17) is 22.1 Å². The molecule has 2 unspecified atom stereocenters. The summed E-state index contributed by atoms with van der Waals surface area (Å²) in [6.45, 7) is 1.91. The molecular weight excluding hydrogens is 326 g/mol. The van der Waals surface area contributed by atoms with Crippen LogP contribution in [-0.2, 0) is 0 Å². The predicted octanol–water partition coefficient (Wildman–Crippen LogP) is 1.89. The monoisotopic (exact) mass is 347 g/mol. The van der Waals surface area contributed by atoms with Gasteiger partial charge in [-0.3, -0.25) is 0 Å². The van der Waals surface area contributed by atoms with Crippen molar-refractivity contribution >= 4 is 23.4 Å². The standard InChI is InChI=1S/C17H22ClN5O/c1-22(2)11-4-3-7-23(9-11)16-15-14(20-17(19)21-16)12-8-10(18)5-6-13(12)24-15/h5-6,8,11,14-15H,3-4,7,9H2,1-2H3,(H2,19,20)/t11-,14?,15?/m0/s1. The number of benzene rings is 1. The van der Waals surface area contributed by atoms with E-state index < -0.39 is 0 Å². The summed E-state index contributed by atoms with van der Waals surface area (Å²) in [5.74, 6) is 2.03. The third-order valence-electron chi connectivity index (χ3n) is 5.04. The lowest BCUT2D eigenvalue weighted by molar-refractivity contribution is 0.167. The van der Waals surface area contributed by atoms with E-state index >= 15 is 0 Å². The Balaban J connectivity index is 1.65. The average molecular weight is 348 g/mol. The highest BCUT2D eigenvalue weighted by Crippen LogP contribution is 2.42. The number of hydrogen-bond acceptors (Lipinski definition) is 6. The molecule has 1 aromatic carbocycles. The molecule has 6 nitrogen and oxygen atoms in total. The van der Waals surface area contributed by atoms with Crippen molar-refractivity contribution in [2.75, 3.05) is 27.2 Å². The van der Waals surface area contributed by atoms with Gasteiger partial charge in [0.25, 0.3) is 0 Å². The second kappa shape index (κ2) is 5.93. The first-order valence-electron chi connectivity index (χ1n) is 8.32. The molecule has 0 spiro atoms. The van der Waals surface area contributed by atoms with Crippen molar-refractivity contribution in [3.8, 4) is 5.75 Å². The zero-order chi connectivity index (χ0) is 16.8. The van der Waals surface area contributed by atoms with Crippen LogP contribution in [0.15, 0.2) is 28.2 Å². The van der Waals surface area contributed by atoms with Gasteiger partial charge >= 0.3 is 0 Å². The van der Waals surface area contributed by atoms with Crippen LogP contribution in [0.4, 0.5) is 0 Å². The number of halogens is 1. The minimum atomic E-state index is -0.216. The zero-order valence-corrected chi connectivity index (χ0v) is 14.7. The molecule has 128 valence electrons. The van der Waals surface area contributed by atoms with Gasteiger partial charge in [0.1, 0.15) is 11.8 Å². The first kappa shape index (κ1) is 15.7. The first-order chi connectivity index (χ1) is 11.5. The fraction of sp³-hybridized carbons (Fsp3) is 0.529. The van der Waals surface area contributed by atoms with Crippen LogP contribution in [0.3, 0.4) is 0 Å². The number of nitrogens with zero attached hydrogens (tertiary/aromatic N) is 4. The quantitative estimate of drug-likeness (QED) is 0.842. The largest absolute Gasteiger partial charge is 0.479 e. The van der Waals surface area contributed by atoms with Gasteiger partial charge in [0, 0.05) is 29.7 Å². The SMILES string of the molecule is CN(C)[C@H]1CCCN(C2=NC(N)=NC3c4cc(Cl)ccc4OC23)C1. The lowest BCUT2D eigenvalue weighted by Gasteiger charge is -2.40. The van der Waals surface area contributed by atoms with E-state index in [0.29, 0.717) is 17.0 Å². The van der Waals surface area contributed by atoms with Crippen molar-refractivity contribution in [3.63, 3.8) is 0 Å². The molecular formula is C17H22ClN5O. The molecule has 3 aliphatic rings. The number of likely N-dealkylation sites (tertiary alicyclic amines) is 1. The smallest absolute Gasteiger partial charge is 0.217 e. The minimum Gasteiger partial charge on any atom is -0.479 e. The maximum atomic E-state index is 6.17. The van der Waals surface area contributed by atoms with Crippen LogP contribution in [0.1, 0.15) is 24.4 Å². The highest BCUT2D eigenvalue weighted by atomic mass is 35.5. The number of fused-ring (bicyclic) bond motifs is 3. The van der Waals surface area contributed by atoms with Crippen molar-refractivity contribution in [1.82, 2.24) is 9.80 Å². The van der Waals surface area contributed by atoms with Crippen LogP contribution in [0.2, 0.25) is 5.02 Å². The molecule has 3 heterocycles. The zero-order valence-electron chi connectivity index (χ0n) is 13.9. The third kappa shape index (κ3) is 2.63. The van der Waals surface area contributed by atoms with Gasteiger partial charge in [-0.25, -0.2) is 4.99 Å². The fourth-order valence-electron chi connectivity index (χ4n) is 3.74. The van der Waals surface area contributed by atoms with Crippen LogP contribution in [-0.4, -0.2) is 60.9 Å². The van der Waals surface area contributed by atoms with Gasteiger partial charge < -0.3 is 20.3 Å². The normalized spacial score (nSPS) is 28.8. The molecule has 0 radical (unpaired) electrons. The number of hydrogen-bond donors (Lipinski definition) is 1. The van der Waals surface area contributed by atoms with Crippen LogP contribution in [0.25, 0.3) is 0 Å². The molecule has 0 aliphatic carbocycles. The van der Waals surface area contributed by atoms with Crippen molar-refractivity contribution in [2.24, 2.45) is 15.7 Å². The number of rotatable bonds is 1. The summed E-state index contributed by atoms with van der Waals surface area (Å²) >= 11 is 6.15. The fourth-order valence-corrected chi connectivity index (χ4v) is 3.92. The maximum absolute atomic E-state index is 6.17. The number of likely N-dealkylation sites (N-methyl/N-ethyl adjacent to an activating group) is 1. The van der Waals surface area contributed by atoms with E-state index in [-0.39, 0.29) is 12.1 Å². The lowest BCUT2D eigenvalue weighted by atomic mass is 9.99. The first-order valence-corrected chi connectivity index (χ1v) is 8.70. The molecule has 3 atom stereocenters. The third-order valence-corrected chi connectivity index (χ3v) is 5.27. The summed E-state index contributed by atoms with van der Waals surface area (Å²) in [4.78, 5) is 13.6. The van der Waals surface area contributed by atoms with Crippen LogP contribution < -0.4 is 10.5 Å². The Labute approximate surface area is 146 Å². The minimum absolute atomic E-state index is 0.161. The maximum Gasteiger partial charge on any atom is 0.217 e. The molecule has 1 aromatic rings. The topological polar surface area (TPSA) is 66.5 Å². The van der Waals surface area contributed by atoms with E-state index in [0.717, 1.165) is 36.7 Å². The van der Waals surface area contributed by atoms with Crippen LogP contribution >= 0.6 is 11.6 Å². The molecule has 3 aliphatic heterocycles. The van der Waals surface area contributed by atoms with E-state index in [1.54, 1.807) is 0 Å². The highest BCUT2D eigenvalue weighted by Gasteiger charge is 2.43. The van der Waals surface area contributed by atoms with E-state index in [1.807, 2.05) is 18.2 Å². The van der Waals surface area contributed by atoms with Gasteiger partial charge in [-0.1, -0.05) is 11.6 Å². The van der Waals surface area contributed by atoms with Crippen molar-refractivity contribution < 1.29 is 4.74 Å². The average Bonchev–Trinajstić information content (AvgIpc) is 2.92. The molecule has 7 heteroatoms. The Hall–Kier alpha value is -1.79. The molecule has 1 fully saturated rings. The van der Waals surface area contributed by atoms with Gasteiger partial charge in [-0.15, -0.1) is 0 Å². The molecule has 0 saturated carbocycles. The van der Waals surface area contributed by atoms with Crippen LogP contribution in [0, 0.1) is 0 Å². The summed E-state index contributed by atoms with van der Waals surface area (Å²) in [6, 6.07) is 6.01. The summed E-state index contributed by atoms with van der Waals surface area (Å²) in [6.07, 6.45) is 2.12. The Bertz CT molecular complexity index is 717. The summed E-state index contributed by atoms with van der Waals surface area (Å²) in [5.41, 5.74) is 7.00. The second-order valence-corrected chi connectivity index (χ2v) is 7.26. The van der Waals surface area contributed by atoms with E-state index in [2.05, 4.69) is 33.9 Å². The molecule has 1 saturated heterocycles. The van der Waals surface area contributed by atoms with Crippen molar-refractivity contribution in [1.29, 1.82) is 0 Å². The van der Waals surface area contributed by atoms with Gasteiger partial charge in [0.2, 0.25) is 5.96 Å². The summed E-state index contributed by atoms with van der Waals surface area (Å²) in [5, 5.41) is 0.682. The molecule has 0 amide bonds. The molecule has 0 bridgehead atoms. The Morgan fingerprint density at radius 3 is 3.00 bits per heavy atom. The molecule has 0 aromatic heterocycles. The number of amidine groups is 1. The second-order valence-electron chi connectivity index (χ2n) is 6.83. The highest BCUT2D eigenvalue weighted by molar-refractivity contribution is 6.30. The Kier molecular flexibility index (Phi) is 3.89. The van der Waals surface area contributed by atoms with Gasteiger partial charge in [0.05, 0.1) is 0 Å². The number of ether oxygens (including phenoxy) is 1. The summed E-state index contributed by atoms with van der Waals surface area (Å²) < 4.78 is 6.17. The van der Waals surface area contributed by atoms with Gasteiger partial charge in [0.15, 0.2) is 11.9 Å². The predicted molar refractivity (Wildman–Crippen MR) is 95.9 cm³/mol. The van der Waals surface area contributed by atoms with Crippen LogP contribution in [0.5, 0.6) is 5.75 Å². The number of aliphatic imine (C=N–C) groups is 2.